The zero-order valence-corrected chi connectivity index (χ0v) is 29.7. The van der Waals surface area contributed by atoms with Crippen LogP contribution in [0.15, 0.2) is 60.7 Å². The molecule has 0 bridgehead atoms. The minimum Gasteiger partial charge on any atom is -0.460 e. The van der Waals surface area contributed by atoms with E-state index < -0.39 is 59.2 Å². The second-order valence-electron chi connectivity index (χ2n) is 13.3. The summed E-state index contributed by atoms with van der Waals surface area (Å²) in [5, 5.41) is 9.98. The van der Waals surface area contributed by atoms with Crippen LogP contribution in [0.4, 0.5) is 9.59 Å². The fourth-order valence-corrected chi connectivity index (χ4v) is 4.28. The fraction of sp³-hybridized carbons (Fsp3) is 0.500. The zero-order valence-electron chi connectivity index (χ0n) is 29.7. The molecule has 50 heavy (non-hydrogen) atoms. The summed E-state index contributed by atoms with van der Waals surface area (Å²) in [6, 6.07) is 14.2. The van der Waals surface area contributed by atoms with Gasteiger partial charge in [-0.25, -0.2) is 9.59 Å². The number of hydrogen-bond donors (Lipinski definition) is 4. The van der Waals surface area contributed by atoms with Gasteiger partial charge in [0.05, 0.1) is 0 Å². The molecular formula is C36H50N4O10. The maximum absolute atomic E-state index is 13.6. The highest BCUT2D eigenvalue weighted by Crippen LogP contribution is 2.11. The van der Waals surface area contributed by atoms with Crippen LogP contribution in [0.3, 0.4) is 0 Å². The van der Waals surface area contributed by atoms with Gasteiger partial charge in [0.15, 0.2) is 0 Å². The number of ether oxygens (including phenoxy) is 4. The van der Waals surface area contributed by atoms with E-state index in [-0.39, 0.29) is 52.0 Å². The summed E-state index contributed by atoms with van der Waals surface area (Å²) < 4.78 is 21.2. The SMILES string of the molecule is CC(C)(C)OC(=O)CCCNC(=O)[C@H](NC(=O)OCc1ccccc1)[C@@H](NC(=O)OCc1ccccc1)C(=O)NCCCC(=O)OC(C)(C)C. The van der Waals surface area contributed by atoms with Gasteiger partial charge in [-0.3, -0.25) is 19.2 Å². The van der Waals surface area contributed by atoms with E-state index in [4.69, 9.17) is 18.9 Å². The number of hydrogen-bond acceptors (Lipinski definition) is 10. The average Bonchev–Trinajstić information content (AvgIpc) is 3.04. The largest absolute Gasteiger partial charge is 0.460 e. The third-order valence-corrected chi connectivity index (χ3v) is 6.42. The smallest absolute Gasteiger partial charge is 0.408 e. The van der Waals surface area contributed by atoms with E-state index in [1.807, 2.05) is 0 Å². The normalized spacial score (nSPS) is 12.4. The lowest BCUT2D eigenvalue weighted by Crippen LogP contribution is -2.63. The van der Waals surface area contributed by atoms with Crippen LogP contribution >= 0.6 is 0 Å². The van der Waals surface area contributed by atoms with E-state index >= 15 is 0 Å². The Morgan fingerprint density at radius 3 is 1.22 bits per heavy atom. The molecule has 0 aromatic heterocycles. The molecule has 4 N–H and O–H groups in total. The molecule has 14 heteroatoms. The summed E-state index contributed by atoms with van der Waals surface area (Å²) >= 11 is 0. The Labute approximate surface area is 293 Å². The molecule has 0 radical (unpaired) electrons. The molecule has 0 saturated heterocycles. The zero-order chi connectivity index (χ0) is 37.2. The Hall–Kier alpha value is -5.14. The van der Waals surface area contributed by atoms with Gasteiger partial charge in [-0.1, -0.05) is 60.7 Å². The van der Waals surface area contributed by atoms with Crippen LogP contribution in [0.1, 0.15) is 78.4 Å². The Morgan fingerprint density at radius 2 is 0.900 bits per heavy atom. The Balaban J connectivity index is 2.21. The molecule has 0 heterocycles. The fourth-order valence-electron chi connectivity index (χ4n) is 4.28. The monoisotopic (exact) mass is 698 g/mol. The molecule has 2 aromatic carbocycles. The second kappa shape index (κ2) is 20.4. The molecule has 2 aromatic rings. The lowest BCUT2D eigenvalue weighted by molar-refractivity contribution is -0.156. The first-order chi connectivity index (χ1) is 23.5. The third kappa shape index (κ3) is 17.9. The highest BCUT2D eigenvalue weighted by atomic mass is 16.6. The molecule has 274 valence electrons. The summed E-state index contributed by atoms with van der Waals surface area (Å²) in [6.07, 6.45) is -1.68. The molecule has 4 amide bonds. The van der Waals surface area contributed by atoms with E-state index in [0.29, 0.717) is 11.1 Å². The summed E-state index contributed by atoms with van der Waals surface area (Å²) in [5.74, 6) is -2.61. The maximum Gasteiger partial charge on any atom is 0.408 e. The van der Waals surface area contributed by atoms with Crippen molar-refractivity contribution in [1.82, 2.24) is 21.3 Å². The summed E-state index contributed by atoms with van der Waals surface area (Å²) in [7, 11) is 0. The Kier molecular flexibility index (Phi) is 16.7. The molecule has 0 fully saturated rings. The van der Waals surface area contributed by atoms with Crippen molar-refractivity contribution in [1.29, 1.82) is 0 Å². The van der Waals surface area contributed by atoms with Crippen LogP contribution in [0.5, 0.6) is 0 Å². The molecule has 0 aliphatic rings. The minimum absolute atomic E-state index is 0.000384. The molecule has 0 aliphatic carbocycles. The van der Waals surface area contributed by atoms with Crippen molar-refractivity contribution in [2.75, 3.05) is 13.1 Å². The van der Waals surface area contributed by atoms with Gasteiger partial charge in [0.2, 0.25) is 11.8 Å². The van der Waals surface area contributed by atoms with E-state index in [0.717, 1.165) is 0 Å². The van der Waals surface area contributed by atoms with Crippen molar-refractivity contribution >= 4 is 35.9 Å². The molecule has 14 nitrogen and oxygen atoms in total. The topological polar surface area (TPSA) is 187 Å². The van der Waals surface area contributed by atoms with Crippen molar-refractivity contribution < 1.29 is 47.7 Å². The minimum atomic E-state index is -1.69. The molecule has 0 aliphatic heterocycles. The molecule has 2 atom stereocenters. The van der Waals surface area contributed by atoms with Crippen LogP contribution in [-0.4, -0.2) is 72.3 Å². The van der Waals surface area contributed by atoms with Gasteiger partial charge >= 0.3 is 24.1 Å². The first kappa shape index (κ1) is 41.0. The second-order valence-corrected chi connectivity index (χ2v) is 13.3. The number of carbonyl (C=O) groups excluding carboxylic acids is 6. The van der Waals surface area contributed by atoms with Gasteiger partial charge in [0.1, 0.15) is 36.5 Å². The first-order valence-electron chi connectivity index (χ1n) is 16.5. The molecule has 0 unspecified atom stereocenters. The predicted octanol–water partition coefficient (Wildman–Crippen LogP) is 4.05. The highest BCUT2D eigenvalue weighted by Gasteiger charge is 2.37. The molecule has 0 saturated carbocycles. The van der Waals surface area contributed by atoms with Crippen LogP contribution in [-0.2, 0) is 51.3 Å². The van der Waals surface area contributed by atoms with Crippen LogP contribution in [0.25, 0.3) is 0 Å². The maximum atomic E-state index is 13.6. The first-order valence-corrected chi connectivity index (χ1v) is 16.5. The van der Waals surface area contributed by atoms with Gasteiger partial charge in [0.25, 0.3) is 0 Å². The van der Waals surface area contributed by atoms with Crippen LogP contribution in [0, 0.1) is 0 Å². The van der Waals surface area contributed by atoms with Crippen molar-refractivity contribution in [3.63, 3.8) is 0 Å². The van der Waals surface area contributed by atoms with E-state index in [2.05, 4.69) is 21.3 Å². The third-order valence-electron chi connectivity index (χ3n) is 6.42. The van der Waals surface area contributed by atoms with E-state index in [9.17, 15) is 28.8 Å². The van der Waals surface area contributed by atoms with Crippen molar-refractivity contribution in [3.05, 3.63) is 71.8 Å². The summed E-state index contributed by atoms with van der Waals surface area (Å²) in [6.45, 7) is 10.1. The number of carbonyl (C=O) groups is 6. The lowest BCUT2D eigenvalue weighted by Gasteiger charge is -2.27. The van der Waals surface area contributed by atoms with Crippen LogP contribution < -0.4 is 21.3 Å². The number of alkyl carbamates (subject to hydrolysis) is 2. The standard InChI is InChI=1S/C36H50N4O10/c1-35(2,3)49-27(41)19-13-21-37-31(43)29(39-33(45)47-23-25-15-9-7-10-16-25)30(40-34(46)48-24-26-17-11-8-12-18-26)32(44)38-22-14-20-28(42)50-36(4,5)6/h7-12,15-18,29-30H,13-14,19-24H2,1-6H3,(H,37,43)(H,38,44)(H,39,45)(H,40,46)/t29-,30-/m1/s1. The predicted molar refractivity (Wildman–Crippen MR) is 183 cm³/mol. The van der Waals surface area contributed by atoms with Gasteiger partial charge in [-0.05, 0) is 65.5 Å². The average molecular weight is 699 g/mol. The number of benzene rings is 2. The van der Waals surface area contributed by atoms with Gasteiger partial charge in [0, 0.05) is 25.9 Å². The van der Waals surface area contributed by atoms with E-state index in [1.165, 1.54) is 0 Å². The number of rotatable bonds is 17. The highest BCUT2D eigenvalue weighted by molar-refractivity contribution is 5.96. The number of amides is 4. The Morgan fingerprint density at radius 1 is 0.560 bits per heavy atom. The lowest BCUT2D eigenvalue weighted by atomic mass is 10.1. The van der Waals surface area contributed by atoms with Crippen molar-refractivity contribution in [2.24, 2.45) is 0 Å². The van der Waals surface area contributed by atoms with Gasteiger partial charge < -0.3 is 40.2 Å². The summed E-state index contributed by atoms with van der Waals surface area (Å²) in [4.78, 5) is 77.3. The molecular weight excluding hydrogens is 648 g/mol. The van der Waals surface area contributed by atoms with Gasteiger partial charge in [-0.2, -0.15) is 0 Å². The number of esters is 2. The molecule has 2 rings (SSSR count). The summed E-state index contributed by atoms with van der Waals surface area (Å²) in [5.41, 5.74) is -0.00613. The van der Waals surface area contributed by atoms with Crippen molar-refractivity contribution in [2.45, 2.75) is 104 Å². The van der Waals surface area contributed by atoms with Crippen LogP contribution in [0.2, 0.25) is 0 Å². The molecule has 0 spiro atoms. The Bertz CT molecular complexity index is 1300. The number of nitrogens with one attached hydrogen (secondary N) is 4. The van der Waals surface area contributed by atoms with E-state index in [1.54, 1.807) is 102 Å². The van der Waals surface area contributed by atoms with Crippen molar-refractivity contribution in [3.8, 4) is 0 Å². The van der Waals surface area contributed by atoms with Gasteiger partial charge in [-0.15, -0.1) is 0 Å². The quantitative estimate of drug-likeness (QED) is 0.107.